The lowest BCUT2D eigenvalue weighted by Gasteiger charge is -2.25. The molecule has 1 aromatic rings. The van der Waals surface area contributed by atoms with Crippen molar-refractivity contribution in [2.75, 3.05) is 25.4 Å². The average Bonchev–Trinajstić information content (AvgIpc) is 2.68. The van der Waals surface area contributed by atoms with Gasteiger partial charge in [-0.15, -0.1) is 0 Å². The number of sulfonamides is 1. The second-order valence-corrected chi connectivity index (χ2v) is 9.74. The Hall–Kier alpha value is -2.46. The minimum Gasteiger partial charge on any atom is -0.490 e. The smallest absolute Gasteiger partial charge is 0.324 e. The van der Waals surface area contributed by atoms with Gasteiger partial charge in [0, 0.05) is 25.6 Å². The number of allylic oxidation sites excluding steroid dienone is 1. The molecule has 172 valence electrons. The van der Waals surface area contributed by atoms with Crippen LogP contribution in [0, 0.1) is 11.7 Å². The predicted octanol–water partition coefficient (Wildman–Crippen LogP) is 2.73. The zero-order valence-corrected chi connectivity index (χ0v) is 18.9. The van der Waals surface area contributed by atoms with Crippen LogP contribution in [0.2, 0.25) is 0 Å². The van der Waals surface area contributed by atoms with Gasteiger partial charge in [0.25, 0.3) is 0 Å². The zero-order valence-electron chi connectivity index (χ0n) is 18.1. The zero-order chi connectivity index (χ0) is 23.0. The molecule has 0 bridgehead atoms. The monoisotopic (exact) mass is 455 g/mol. The summed E-state index contributed by atoms with van der Waals surface area (Å²) < 4.78 is 46.7. The summed E-state index contributed by atoms with van der Waals surface area (Å²) >= 11 is 0. The number of imide groups is 1. The van der Waals surface area contributed by atoms with Gasteiger partial charge in [0.2, 0.25) is 15.9 Å². The van der Waals surface area contributed by atoms with E-state index < -0.39 is 27.9 Å². The Morgan fingerprint density at radius 2 is 2.00 bits per heavy atom. The van der Waals surface area contributed by atoms with Gasteiger partial charge in [-0.25, -0.2) is 22.3 Å². The van der Waals surface area contributed by atoms with Crippen LogP contribution in [0.5, 0.6) is 5.75 Å². The van der Waals surface area contributed by atoms with Crippen LogP contribution in [-0.4, -0.2) is 50.7 Å². The number of halogens is 1. The summed E-state index contributed by atoms with van der Waals surface area (Å²) in [6.45, 7) is 6.60. The van der Waals surface area contributed by atoms with Gasteiger partial charge in [0.15, 0.2) is 11.6 Å². The molecule has 1 aromatic carbocycles. The van der Waals surface area contributed by atoms with Gasteiger partial charge in [0.1, 0.15) is 0 Å². The fourth-order valence-corrected chi connectivity index (χ4v) is 4.11. The maximum atomic E-state index is 13.9. The summed E-state index contributed by atoms with van der Waals surface area (Å²) in [5, 5.41) is 2.23. The van der Waals surface area contributed by atoms with Crippen LogP contribution in [0.3, 0.4) is 0 Å². The van der Waals surface area contributed by atoms with Gasteiger partial charge in [-0.1, -0.05) is 32.1 Å². The molecule has 8 nitrogen and oxygen atoms in total. The third-order valence-corrected chi connectivity index (χ3v) is 6.06. The Balaban J connectivity index is 1.84. The Bertz CT molecular complexity index is 918. The van der Waals surface area contributed by atoms with E-state index in [0.717, 1.165) is 0 Å². The molecule has 31 heavy (non-hydrogen) atoms. The summed E-state index contributed by atoms with van der Waals surface area (Å²) in [4.78, 5) is 24.2. The summed E-state index contributed by atoms with van der Waals surface area (Å²) in [6.07, 6.45) is 3.90. The third-order valence-electron chi connectivity index (χ3n) is 4.57. The first kappa shape index (κ1) is 24.8. The maximum Gasteiger partial charge on any atom is 0.324 e. The number of nitrogens with zero attached hydrogens (tertiary/aromatic N) is 1. The fourth-order valence-electron chi connectivity index (χ4n) is 2.87. The van der Waals surface area contributed by atoms with Crippen molar-refractivity contribution in [2.45, 2.75) is 39.7 Å². The predicted molar refractivity (Wildman–Crippen MR) is 116 cm³/mol. The van der Waals surface area contributed by atoms with Gasteiger partial charge in [-0.05, 0) is 37.0 Å². The highest BCUT2D eigenvalue weighted by Gasteiger charge is 2.21. The number of nitrogens with one attached hydrogen (secondary N) is 2. The number of amides is 3. The van der Waals surface area contributed by atoms with Gasteiger partial charge >= 0.3 is 6.03 Å². The maximum absolute atomic E-state index is 13.9. The molecule has 1 saturated heterocycles. The molecule has 1 fully saturated rings. The van der Waals surface area contributed by atoms with Crippen molar-refractivity contribution in [1.29, 1.82) is 0 Å². The number of hydrogen-bond acceptors (Lipinski definition) is 5. The number of urea groups is 1. The molecule has 1 atom stereocenters. The highest BCUT2D eigenvalue weighted by molar-refractivity contribution is 7.89. The van der Waals surface area contributed by atoms with Gasteiger partial charge in [-0.2, -0.15) is 0 Å². The quantitative estimate of drug-likeness (QED) is 0.499. The molecular weight excluding hydrogens is 425 g/mol. The molecule has 2 rings (SSSR count). The standard InChI is InChI=1S/C21H30FN3O5S/c1-15(2)14-30-19-13-17(7-8-18(19)22)16(3)24-31(28,29)12-6-4-5-10-25-11-9-20(26)23-21(25)27/h4-5,7-8,13,15-16,24H,6,9-12,14H2,1-3H3,(H,23,26,27)/b5-4+. The van der Waals surface area contributed by atoms with Crippen LogP contribution in [-0.2, 0) is 14.8 Å². The van der Waals surface area contributed by atoms with Crippen LogP contribution in [0.1, 0.15) is 45.2 Å². The van der Waals surface area contributed by atoms with Crippen LogP contribution >= 0.6 is 0 Å². The molecule has 0 aliphatic carbocycles. The molecule has 10 heteroatoms. The number of ether oxygens (including phenoxy) is 1. The van der Waals surface area contributed by atoms with E-state index in [4.69, 9.17) is 4.74 Å². The minimum atomic E-state index is -3.57. The topological polar surface area (TPSA) is 105 Å². The average molecular weight is 456 g/mol. The molecular formula is C21H30FN3O5S. The SMILES string of the molecule is CC(C)COc1cc(C(C)NS(=O)(=O)CC/C=C/CN2CCC(=O)NC2=O)ccc1F. The van der Waals surface area contributed by atoms with E-state index in [2.05, 4.69) is 10.0 Å². The summed E-state index contributed by atoms with van der Waals surface area (Å²) in [5.74, 6) is -0.578. The van der Waals surface area contributed by atoms with Gasteiger partial charge in [0.05, 0.1) is 12.4 Å². The summed E-state index contributed by atoms with van der Waals surface area (Å²) in [6, 6.07) is 3.31. The Morgan fingerprint density at radius 3 is 2.68 bits per heavy atom. The fraction of sp³-hybridized carbons (Fsp3) is 0.524. The molecule has 0 radical (unpaired) electrons. The lowest BCUT2D eigenvalue weighted by molar-refractivity contribution is -0.121. The Labute approximate surface area is 182 Å². The van der Waals surface area contributed by atoms with Crippen LogP contribution in [0.4, 0.5) is 9.18 Å². The molecule has 0 spiro atoms. The van der Waals surface area contributed by atoms with Gasteiger partial charge < -0.3 is 9.64 Å². The highest BCUT2D eigenvalue weighted by atomic mass is 32.2. The lowest BCUT2D eigenvalue weighted by Crippen LogP contribution is -2.49. The molecule has 0 saturated carbocycles. The summed E-state index contributed by atoms with van der Waals surface area (Å²) in [5.41, 5.74) is 0.602. The molecule has 2 N–H and O–H groups in total. The Morgan fingerprint density at radius 1 is 1.26 bits per heavy atom. The van der Waals surface area contributed by atoms with E-state index in [1.165, 1.54) is 23.1 Å². The molecule has 0 aromatic heterocycles. The van der Waals surface area contributed by atoms with E-state index in [-0.39, 0.29) is 36.2 Å². The van der Waals surface area contributed by atoms with Crippen molar-refractivity contribution in [3.63, 3.8) is 0 Å². The second-order valence-electron chi connectivity index (χ2n) is 7.86. The van der Waals surface area contributed by atoms with Gasteiger partial charge in [-0.3, -0.25) is 10.1 Å². The van der Waals surface area contributed by atoms with Crippen LogP contribution in [0.15, 0.2) is 30.4 Å². The number of hydrogen-bond donors (Lipinski definition) is 2. The minimum absolute atomic E-state index is 0.101. The first-order valence-electron chi connectivity index (χ1n) is 10.2. The van der Waals surface area contributed by atoms with E-state index >= 15 is 0 Å². The molecule has 1 aliphatic rings. The van der Waals surface area contributed by atoms with Crippen molar-refractivity contribution in [3.05, 3.63) is 41.7 Å². The number of carbonyl (C=O) groups excluding carboxylic acids is 2. The van der Waals surface area contributed by atoms with Crippen molar-refractivity contribution in [3.8, 4) is 5.75 Å². The highest BCUT2D eigenvalue weighted by Crippen LogP contribution is 2.24. The second kappa shape index (κ2) is 11.2. The first-order chi connectivity index (χ1) is 14.6. The molecule has 1 aliphatic heterocycles. The third kappa shape index (κ3) is 8.29. The van der Waals surface area contributed by atoms with Crippen molar-refractivity contribution < 1.29 is 27.1 Å². The van der Waals surface area contributed by atoms with E-state index in [0.29, 0.717) is 25.3 Å². The van der Waals surface area contributed by atoms with Crippen LogP contribution < -0.4 is 14.8 Å². The van der Waals surface area contributed by atoms with E-state index in [1.54, 1.807) is 19.1 Å². The van der Waals surface area contributed by atoms with Crippen molar-refractivity contribution in [2.24, 2.45) is 5.92 Å². The lowest BCUT2D eigenvalue weighted by atomic mass is 10.1. The molecule has 1 heterocycles. The van der Waals surface area contributed by atoms with Crippen LogP contribution in [0.25, 0.3) is 0 Å². The van der Waals surface area contributed by atoms with Crippen molar-refractivity contribution >= 4 is 22.0 Å². The summed E-state index contributed by atoms with van der Waals surface area (Å²) in [7, 11) is -3.57. The Kier molecular flexibility index (Phi) is 9.00. The van der Waals surface area contributed by atoms with E-state index in [1.807, 2.05) is 13.8 Å². The number of rotatable bonds is 11. The first-order valence-corrected chi connectivity index (χ1v) is 11.9. The van der Waals surface area contributed by atoms with E-state index in [9.17, 15) is 22.4 Å². The molecule has 3 amide bonds. The van der Waals surface area contributed by atoms with Crippen molar-refractivity contribution in [1.82, 2.24) is 14.9 Å². The number of benzene rings is 1. The largest absolute Gasteiger partial charge is 0.490 e. The molecule has 1 unspecified atom stereocenters. The normalized spacial score (nSPS) is 16.1. The number of carbonyl (C=O) groups is 2.